The minimum absolute atomic E-state index is 0.143. The molecule has 2 aromatic rings. The Morgan fingerprint density at radius 2 is 2.03 bits per heavy atom. The highest BCUT2D eigenvalue weighted by Gasteiger charge is 2.21. The molecule has 0 unspecified atom stereocenters. The summed E-state index contributed by atoms with van der Waals surface area (Å²) in [5.41, 5.74) is 1.07. The molecule has 1 aliphatic rings. The average molecular weight is 438 g/mol. The SMILES string of the molecule is Cc1ccc(NC(=O)CSc2n[nH]c(CC3CCCC3)n2)cc1S(=O)(=O)N(C)C. The van der Waals surface area contributed by atoms with Crippen LogP contribution in [0.15, 0.2) is 28.3 Å². The van der Waals surface area contributed by atoms with Crippen molar-refractivity contribution in [2.45, 2.75) is 49.1 Å². The maximum atomic E-state index is 12.4. The fourth-order valence-electron chi connectivity index (χ4n) is 3.40. The third-order valence-corrected chi connectivity index (χ3v) is 7.84. The molecule has 1 amide bonds. The summed E-state index contributed by atoms with van der Waals surface area (Å²) in [5.74, 6) is 1.45. The lowest BCUT2D eigenvalue weighted by Crippen LogP contribution is -2.23. The van der Waals surface area contributed by atoms with Crippen LogP contribution in [0.1, 0.15) is 37.1 Å². The quantitative estimate of drug-likeness (QED) is 0.615. The molecule has 3 rings (SSSR count). The first-order chi connectivity index (χ1) is 13.8. The minimum Gasteiger partial charge on any atom is -0.325 e. The van der Waals surface area contributed by atoms with Gasteiger partial charge in [-0.15, -0.1) is 5.10 Å². The summed E-state index contributed by atoms with van der Waals surface area (Å²) in [4.78, 5) is 16.9. The second-order valence-electron chi connectivity index (χ2n) is 7.52. The fourth-order valence-corrected chi connectivity index (χ4v) is 5.16. The largest absolute Gasteiger partial charge is 0.325 e. The number of anilines is 1. The maximum Gasteiger partial charge on any atom is 0.242 e. The number of nitrogens with zero attached hydrogens (tertiary/aromatic N) is 3. The molecular weight excluding hydrogens is 410 g/mol. The van der Waals surface area contributed by atoms with E-state index >= 15 is 0 Å². The van der Waals surface area contributed by atoms with Crippen molar-refractivity contribution in [3.8, 4) is 0 Å². The number of aromatic amines is 1. The molecule has 2 N–H and O–H groups in total. The second-order valence-corrected chi connectivity index (χ2v) is 10.6. The van der Waals surface area contributed by atoms with Crippen molar-refractivity contribution < 1.29 is 13.2 Å². The van der Waals surface area contributed by atoms with E-state index in [1.807, 2.05) is 0 Å². The number of carbonyl (C=O) groups is 1. The van der Waals surface area contributed by atoms with Crippen molar-refractivity contribution in [1.29, 1.82) is 0 Å². The van der Waals surface area contributed by atoms with Crippen molar-refractivity contribution >= 4 is 33.4 Å². The standard InChI is InChI=1S/C19H27N5O3S2/c1-13-8-9-15(11-16(13)29(26,27)24(2)3)20-18(25)12-28-19-21-17(22-23-19)10-14-6-4-5-7-14/h8-9,11,14H,4-7,10,12H2,1-3H3,(H,20,25)(H,21,22,23). The molecule has 29 heavy (non-hydrogen) atoms. The molecule has 10 heteroatoms. The number of aryl methyl sites for hydroxylation is 1. The highest BCUT2D eigenvalue weighted by molar-refractivity contribution is 7.99. The molecule has 1 aromatic heterocycles. The lowest BCUT2D eigenvalue weighted by Gasteiger charge is -2.15. The van der Waals surface area contributed by atoms with Gasteiger partial charge in [-0.2, -0.15) is 0 Å². The Balaban J connectivity index is 1.56. The Labute approximate surface area is 175 Å². The van der Waals surface area contributed by atoms with E-state index in [-0.39, 0.29) is 16.6 Å². The van der Waals surface area contributed by atoms with Crippen LogP contribution in [0.2, 0.25) is 0 Å². The normalized spacial score (nSPS) is 15.2. The van der Waals surface area contributed by atoms with Crippen LogP contribution in [-0.2, 0) is 21.2 Å². The number of benzene rings is 1. The number of hydrogen-bond acceptors (Lipinski definition) is 6. The number of thioether (sulfide) groups is 1. The number of hydrogen-bond donors (Lipinski definition) is 2. The molecule has 1 aromatic carbocycles. The zero-order chi connectivity index (χ0) is 21.0. The van der Waals surface area contributed by atoms with Gasteiger partial charge in [-0.1, -0.05) is 43.5 Å². The molecule has 1 heterocycles. The summed E-state index contributed by atoms with van der Waals surface area (Å²) in [5, 5.41) is 10.4. The predicted molar refractivity (Wildman–Crippen MR) is 113 cm³/mol. The summed E-state index contributed by atoms with van der Waals surface area (Å²) < 4.78 is 26.0. The first-order valence-corrected chi connectivity index (χ1v) is 12.1. The smallest absolute Gasteiger partial charge is 0.242 e. The molecule has 0 spiro atoms. The van der Waals surface area contributed by atoms with Gasteiger partial charge in [0.25, 0.3) is 0 Å². The van der Waals surface area contributed by atoms with Crippen LogP contribution in [0.25, 0.3) is 0 Å². The van der Waals surface area contributed by atoms with E-state index in [1.165, 1.54) is 57.6 Å². The van der Waals surface area contributed by atoms with Gasteiger partial charge >= 0.3 is 0 Å². The van der Waals surface area contributed by atoms with Crippen LogP contribution in [0, 0.1) is 12.8 Å². The molecule has 0 bridgehead atoms. The summed E-state index contributed by atoms with van der Waals surface area (Å²) in [6.45, 7) is 1.73. The molecule has 0 atom stereocenters. The highest BCUT2D eigenvalue weighted by Crippen LogP contribution is 2.27. The number of aromatic nitrogens is 3. The van der Waals surface area contributed by atoms with Crippen LogP contribution < -0.4 is 5.32 Å². The lowest BCUT2D eigenvalue weighted by atomic mass is 10.0. The van der Waals surface area contributed by atoms with Gasteiger partial charge in [-0.3, -0.25) is 9.89 Å². The zero-order valence-corrected chi connectivity index (χ0v) is 18.6. The number of rotatable bonds is 8. The van der Waals surface area contributed by atoms with E-state index < -0.39 is 10.0 Å². The van der Waals surface area contributed by atoms with Gasteiger partial charge in [0.15, 0.2) is 0 Å². The van der Waals surface area contributed by atoms with Crippen molar-refractivity contribution in [2.75, 3.05) is 25.2 Å². The monoisotopic (exact) mass is 437 g/mol. The molecule has 158 valence electrons. The second kappa shape index (κ2) is 9.27. The molecule has 0 radical (unpaired) electrons. The van der Waals surface area contributed by atoms with Gasteiger partial charge in [-0.25, -0.2) is 17.7 Å². The Bertz CT molecular complexity index is 966. The van der Waals surface area contributed by atoms with Gasteiger partial charge < -0.3 is 5.32 Å². The molecule has 1 fully saturated rings. The van der Waals surface area contributed by atoms with Crippen LogP contribution >= 0.6 is 11.8 Å². The fraction of sp³-hybridized carbons (Fsp3) is 0.526. The van der Waals surface area contributed by atoms with E-state index in [4.69, 9.17) is 0 Å². The molecular formula is C19H27N5O3S2. The van der Waals surface area contributed by atoms with E-state index in [0.717, 1.165) is 16.6 Å². The predicted octanol–water partition coefficient (Wildman–Crippen LogP) is 2.83. The number of nitrogens with one attached hydrogen (secondary N) is 2. The van der Waals surface area contributed by atoms with E-state index in [1.54, 1.807) is 19.1 Å². The van der Waals surface area contributed by atoms with Gasteiger partial charge in [-0.05, 0) is 30.5 Å². The molecule has 1 saturated carbocycles. The topological polar surface area (TPSA) is 108 Å². The summed E-state index contributed by atoms with van der Waals surface area (Å²) in [6, 6.07) is 4.86. The van der Waals surface area contributed by atoms with Crippen LogP contribution in [0.5, 0.6) is 0 Å². The van der Waals surface area contributed by atoms with Crippen LogP contribution in [0.4, 0.5) is 5.69 Å². The van der Waals surface area contributed by atoms with E-state index in [2.05, 4.69) is 20.5 Å². The molecule has 1 aliphatic carbocycles. The van der Waals surface area contributed by atoms with Gasteiger partial charge in [0.2, 0.25) is 21.1 Å². The minimum atomic E-state index is -3.58. The Hall–Kier alpha value is -1.91. The summed E-state index contributed by atoms with van der Waals surface area (Å²) in [6.07, 6.45) is 5.97. The third kappa shape index (κ3) is 5.58. The zero-order valence-electron chi connectivity index (χ0n) is 16.9. The van der Waals surface area contributed by atoms with Crippen molar-refractivity contribution in [2.24, 2.45) is 5.92 Å². The number of sulfonamides is 1. The first kappa shape index (κ1) is 21.8. The highest BCUT2D eigenvalue weighted by atomic mass is 32.2. The molecule has 0 saturated heterocycles. The van der Waals surface area contributed by atoms with Gasteiger partial charge in [0, 0.05) is 26.2 Å². The Morgan fingerprint density at radius 1 is 1.31 bits per heavy atom. The lowest BCUT2D eigenvalue weighted by molar-refractivity contribution is -0.113. The first-order valence-electron chi connectivity index (χ1n) is 9.63. The van der Waals surface area contributed by atoms with Gasteiger partial charge in [0.1, 0.15) is 5.82 Å². The molecule has 8 nitrogen and oxygen atoms in total. The van der Waals surface area contributed by atoms with E-state index in [9.17, 15) is 13.2 Å². The number of H-pyrrole nitrogens is 1. The molecule has 0 aliphatic heterocycles. The van der Waals surface area contributed by atoms with E-state index in [0.29, 0.717) is 22.3 Å². The van der Waals surface area contributed by atoms with Crippen molar-refractivity contribution in [3.63, 3.8) is 0 Å². The average Bonchev–Trinajstić information content (AvgIpc) is 3.34. The van der Waals surface area contributed by atoms with Crippen LogP contribution in [-0.4, -0.2) is 53.7 Å². The number of carbonyl (C=O) groups excluding carboxylic acids is 1. The Morgan fingerprint density at radius 3 is 2.72 bits per heavy atom. The summed E-state index contributed by atoms with van der Waals surface area (Å²) >= 11 is 1.25. The maximum absolute atomic E-state index is 12.4. The Kier molecular flexibility index (Phi) is 6.97. The number of amides is 1. The van der Waals surface area contributed by atoms with Crippen molar-refractivity contribution in [1.82, 2.24) is 19.5 Å². The van der Waals surface area contributed by atoms with Crippen LogP contribution in [0.3, 0.4) is 0 Å². The van der Waals surface area contributed by atoms with Crippen molar-refractivity contribution in [3.05, 3.63) is 29.6 Å². The third-order valence-electron chi connectivity index (χ3n) is 5.03. The van der Waals surface area contributed by atoms with Gasteiger partial charge in [0.05, 0.1) is 10.6 Å². The summed E-state index contributed by atoms with van der Waals surface area (Å²) in [7, 11) is -0.614.